The molecule has 141 valence electrons. The Labute approximate surface area is 167 Å². The molecule has 27 heavy (non-hydrogen) atoms. The van der Waals surface area contributed by atoms with Crippen LogP contribution in [0, 0.1) is 0 Å². The van der Waals surface area contributed by atoms with Crippen molar-refractivity contribution in [3.8, 4) is 34.3 Å². The van der Waals surface area contributed by atoms with Gasteiger partial charge in [0.2, 0.25) is 0 Å². The minimum atomic E-state index is -0.00699. The standard InChI is InChI=1S/2C9H8N2O.CH4O.Co/c2*12-8-4-2-1-3-7(8)9-10-5-6-11-9;1-2;/h2*1-6,12H,(H,10,11);2H,1H3;/q;;;+2/p-2. The van der Waals surface area contributed by atoms with Gasteiger partial charge in [-0.15, -0.1) is 0 Å². The van der Waals surface area contributed by atoms with Crippen LogP contribution in [0.3, 0.4) is 0 Å². The van der Waals surface area contributed by atoms with Gasteiger partial charge in [0.15, 0.2) is 0 Å². The van der Waals surface area contributed by atoms with Gasteiger partial charge in [-0.25, -0.2) is 9.97 Å². The summed E-state index contributed by atoms with van der Waals surface area (Å²) in [5, 5.41) is 29.5. The molecule has 0 amide bonds. The zero-order chi connectivity index (χ0) is 18.8. The molecule has 0 aliphatic rings. The molecule has 2 aromatic heterocycles. The van der Waals surface area contributed by atoms with Crippen molar-refractivity contribution in [2.45, 2.75) is 0 Å². The molecule has 0 spiro atoms. The number of imidazole rings is 2. The number of aromatic nitrogens is 4. The van der Waals surface area contributed by atoms with Crippen LogP contribution in [0.5, 0.6) is 11.5 Å². The minimum Gasteiger partial charge on any atom is -0.872 e. The first-order valence-electron chi connectivity index (χ1n) is 7.72. The Morgan fingerprint density at radius 3 is 1.37 bits per heavy atom. The maximum absolute atomic E-state index is 11.3. The summed E-state index contributed by atoms with van der Waals surface area (Å²) in [4.78, 5) is 13.7. The summed E-state index contributed by atoms with van der Waals surface area (Å²) >= 11 is 0. The Bertz CT molecular complexity index is 821. The normalized spacial score (nSPS) is 9.11. The molecule has 2 heterocycles. The molecule has 4 rings (SSSR count). The van der Waals surface area contributed by atoms with E-state index in [4.69, 9.17) is 5.11 Å². The Morgan fingerprint density at radius 1 is 0.704 bits per heavy atom. The number of H-pyrrole nitrogens is 2. The fourth-order valence-corrected chi connectivity index (χ4v) is 2.15. The first-order valence-corrected chi connectivity index (χ1v) is 7.72. The van der Waals surface area contributed by atoms with E-state index >= 15 is 0 Å². The molecule has 7 nitrogen and oxygen atoms in total. The number of hydrogen-bond acceptors (Lipinski definition) is 5. The van der Waals surface area contributed by atoms with Gasteiger partial charge in [0.25, 0.3) is 0 Å². The van der Waals surface area contributed by atoms with E-state index in [1.165, 1.54) is 12.1 Å². The number of hydrogen-bond donors (Lipinski definition) is 3. The van der Waals surface area contributed by atoms with E-state index < -0.39 is 0 Å². The van der Waals surface area contributed by atoms with Crippen LogP contribution >= 0.6 is 0 Å². The summed E-state index contributed by atoms with van der Waals surface area (Å²) in [6, 6.07) is 13.6. The molecule has 0 saturated heterocycles. The van der Waals surface area contributed by atoms with Crippen LogP contribution in [0.4, 0.5) is 0 Å². The molecule has 0 atom stereocenters. The molecule has 0 saturated carbocycles. The zero-order valence-electron chi connectivity index (χ0n) is 14.4. The number of nitrogens with one attached hydrogen (secondary N) is 2. The van der Waals surface area contributed by atoms with Gasteiger partial charge in [-0.05, 0) is 0 Å². The van der Waals surface area contributed by atoms with E-state index in [0.29, 0.717) is 22.8 Å². The van der Waals surface area contributed by atoms with Gasteiger partial charge in [0.1, 0.15) is 11.6 Å². The predicted molar refractivity (Wildman–Crippen MR) is 95.1 cm³/mol. The summed E-state index contributed by atoms with van der Waals surface area (Å²) < 4.78 is 0. The minimum absolute atomic E-state index is 0. The summed E-state index contributed by atoms with van der Waals surface area (Å²) in [5.74, 6) is 1.24. The van der Waals surface area contributed by atoms with Crippen molar-refractivity contribution < 1.29 is 32.1 Å². The number of aliphatic hydroxyl groups is 1. The first-order chi connectivity index (χ1) is 12.8. The average Bonchev–Trinajstić information content (AvgIpc) is 3.39. The maximum Gasteiger partial charge on any atom is 2.00 e. The van der Waals surface area contributed by atoms with Gasteiger partial charge in [0.05, 0.1) is 0 Å². The summed E-state index contributed by atoms with van der Waals surface area (Å²) in [6.45, 7) is 0. The van der Waals surface area contributed by atoms with Crippen LogP contribution in [0.1, 0.15) is 0 Å². The predicted octanol–water partition coefficient (Wildman–Crippen LogP) is 1.91. The maximum atomic E-state index is 11.3. The van der Waals surface area contributed by atoms with Crippen LogP contribution in [0.15, 0.2) is 73.3 Å². The smallest absolute Gasteiger partial charge is 0.872 e. The Hall–Kier alpha value is -3.07. The third-order valence-corrected chi connectivity index (χ3v) is 3.28. The van der Waals surface area contributed by atoms with Crippen molar-refractivity contribution >= 4 is 0 Å². The molecule has 0 unspecified atom stereocenters. The Morgan fingerprint density at radius 2 is 1.07 bits per heavy atom. The van der Waals surface area contributed by atoms with E-state index in [2.05, 4.69) is 19.9 Å². The molecule has 0 fully saturated rings. The molecule has 1 radical (unpaired) electrons. The van der Waals surface area contributed by atoms with Crippen LogP contribution < -0.4 is 10.2 Å². The monoisotopic (exact) mass is 409 g/mol. The van der Waals surface area contributed by atoms with E-state index in [9.17, 15) is 10.2 Å². The van der Waals surface area contributed by atoms with Crippen molar-refractivity contribution in [3.63, 3.8) is 0 Å². The van der Waals surface area contributed by atoms with Crippen molar-refractivity contribution in [2.75, 3.05) is 7.11 Å². The van der Waals surface area contributed by atoms with E-state index in [-0.39, 0.29) is 28.3 Å². The first kappa shape index (κ1) is 22.0. The van der Waals surface area contributed by atoms with Gasteiger partial charge < -0.3 is 25.3 Å². The second-order valence-electron chi connectivity index (χ2n) is 4.87. The third-order valence-electron chi connectivity index (χ3n) is 3.28. The third kappa shape index (κ3) is 5.99. The number of benzene rings is 2. The fraction of sp³-hybridized carbons (Fsp3) is 0.0526. The quantitative estimate of drug-likeness (QED) is 0.467. The molecule has 0 bridgehead atoms. The molecule has 4 aromatic rings. The van der Waals surface area contributed by atoms with Gasteiger partial charge in [-0.3, -0.25) is 0 Å². The Balaban J connectivity index is 0.000000239. The van der Waals surface area contributed by atoms with E-state index in [1.54, 1.807) is 49.1 Å². The number of aliphatic hydroxyl groups excluding tert-OH is 1. The summed E-state index contributed by atoms with van der Waals surface area (Å²) in [5.41, 5.74) is 1.23. The van der Waals surface area contributed by atoms with Gasteiger partial charge in [0, 0.05) is 43.0 Å². The van der Waals surface area contributed by atoms with Crippen molar-refractivity contribution in [1.82, 2.24) is 19.9 Å². The number of aromatic amines is 2. The van der Waals surface area contributed by atoms with Gasteiger partial charge >= 0.3 is 16.8 Å². The molecule has 0 aliphatic heterocycles. The SMILES string of the molecule is CO.[Co+2].[O-]c1ccccc1-c1ncc[nH]1.[O-]c1ccccc1-c1ncc[nH]1. The number of rotatable bonds is 2. The van der Waals surface area contributed by atoms with Crippen LogP contribution in [0.2, 0.25) is 0 Å². The summed E-state index contributed by atoms with van der Waals surface area (Å²) in [7, 11) is 1.00. The van der Waals surface area contributed by atoms with E-state index in [0.717, 1.165) is 7.11 Å². The largest absolute Gasteiger partial charge is 2.00 e. The Kier molecular flexibility index (Phi) is 9.38. The number of nitrogens with zero attached hydrogens (tertiary/aromatic N) is 2. The van der Waals surface area contributed by atoms with Gasteiger partial charge in [-0.2, -0.15) is 0 Å². The molecular weight excluding hydrogens is 391 g/mol. The van der Waals surface area contributed by atoms with Crippen molar-refractivity contribution in [2.24, 2.45) is 0 Å². The van der Waals surface area contributed by atoms with Gasteiger partial charge in [-0.1, -0.05) is 60.0 Å². The average molecular weight is 409 g/mol. The summed E-state index contributed by atoms with van der Waals surface area (Å²) in [6.07, 6.45) is 6.65. The second kappa shape index (κ2) is 11.5. The zero-order valence-corrected chi connectivity index (χ0v) is 15.5. The molecule has 0 aliphatic carbocycles. The van der Waals surface area contributed by atoms with Crippen molar-refractivity contribution in [3.05, 3.63) is 73.3 Å². The molecular formula is C19H18CoN4O3. The van der Waals surface area contributed by atoms with Crippen LogP contribution in [0.25, 0.3) is 22.8 Å². The van der Waals surface area contributed by atoms with Crippen LogP contribution in [-0.4, -0.2) is 32.2 Å². The molecule has 2 aromatic carbocycles. The molecule has 8 heteroatoms. The van der Waals surface area contributed by atoms with E-state index in [1.807, 2.05) is 12.1 Å². The second-order valence-corrected chi connectivity index (χ2v) is 4.87. The van der Waals surface area contributed by atoms with Crippen LogP contribution in [-0.2, 0) is 16.8 Å². The molecule has 3 N–H and O–H groups in total. The fourth-order valence-electron chi connectivity index (χ4n) is 2.15. The topological polar surface area (TPSA) is 124 Å². The number of para-hydroxylation sites is 2. The van der Waals surface area contributed by atoms with Crippen molar-refractivity contribution in [1.29, 1.82) is 0 Å².